The second-order valence-corrected chi connectivity index (χ2v) is 8.90. The summed E-state index contributed by atoms with van der Waals surface area (Å²) in [5, 5.41) is 34.5. The van der Waals surface area contributed by atoms with E-state index < -0.39 is 17.9 Å². The molecule has 1 aliphatic heterocycles. The largest absolute Gasteiger partial charge is 0.480 e. The van der Waals surface area contributed by atoms with Gasteiger partial charge >= 0.3 is 17.9 Å². The molecule has 0 saturated carbocycles. The van der Waals surface area contributed by atoms with Gasteiger partial charge in [-0.1, -0.05) is 12.1 Å². The van der Waals surface area contributed by atoms with E-state index in [-0.39, 0.29) is 30.8 Å². The molecule has 1 aromatic rings. The number of nitrogens with two attached hydrogens (primary N) is 1. The van der Waals surface area contributed by atoms with E-state index in [0.29, 0.717) is 52.2 Å². The van der Waals surface area contributed by atoms with Crippen molar-refractivity contribution in [1.82, 2.24) is 20.0 Å². The van der Waals surface area contributed by atoms with Crippen LogP contribution in [-0.2, 0) is 20.8 Å². The first-order chi connectivity index (χ1) is 16.6. The third-order valence-corrected chi connectivity index (χ3v) is 5.75. The first-order valence-electron chi connectivity index (χ1n) is 11.3. The molecule has 0 radical (unpaired) electrons. The molecule has 1 heterocycles. The first-order valence-corrected chi connectivity index (χ1v) is 11.7. The molecule has 0 aromatic heterocycles. The minimum atomic E-state index is -1.01. The molecule has 1 aromatic carbocycles. The van der Waals surface area contributed by atoms with Gasteiger partial charge in [-0.2, -0.15) is 0 Å². The number of carboxylic acid groups (broad SMARTS) is 3. The van der Waals surface area contributed by atoms with Crippen molar-refractivity contribution in [1.29, 1.82) is 0 Å². The number of hydrogen-bond acceptors (Lipinski definition) is 8. The Bertz CT molecular complexity index is 870. The number of carboxylic acids is 3. The Hall–Kier alpha value is -2.84. The van der Waals surface area contributed by atoms with Crippen LogP contribution >= 0.6 is 12.2 Å². The van der Waals surface area contributed by atoms with E-state index in [1.165, 1.54) is 0 Å². The van der Waals surface area contributed by atoms with Crippen molar-refractivity contribution >= 4 is 40.9 Å². The molecule has 1 unspecified atom stereocenters. The Morgan fingerprint density at radius 2 is 1.49 bits per heavy atom. The van der Waals surface area contributed by atoms with Gasteiger partial charge < -0.3 is 31.7 Å². The number of nitrogens with zero attached hydrogens (tertiary/aromatic N) is 3. The monoisotopic (exact) mass is 510 g/mol. The van der Waals surface area contributed by atoms with Gasteiger partial charge in [-0.05, 0) is 36.3 Å². The zero-order valence-corrected chi connectivity index (χ0v) is 20.4. The van der Waals surface area contributed by atoms with E-state index >= 15 is 0 Å². The van der Waals surface area contributed by atoms with Crippen LogP contribution in [0.2, 0.25) is 0 Å². The van der Waals surface area contributed by atoms with Crippen molar-refractivity contribution in [3.8, 4) is 0 Å². The van der Waals surface area contributed by atoms with Crippen molar-refractivity contribution in [2.24, 2.45) is 5.73 Å². The molecule has 0 bridgehead atoms. The summed E-state index contributed by atoms with van der Waals surface area (Å²) < 4.78 is 0. The molecule has 12 nitrogen and oxygen atoms in total. The van der Waals surface area contributed by atoms with Crippen LogP contribution < -0.4 is 16.4 Å². The smallest absolute Gasteiger partial charge is 0.317 e. The Balaban J connectivity index is 2.30. The van der Waals surface area contributed by atoms with Gasteiger partial charge in [0.25, 0.3) is 0 Å². The predicted molar refractivity (Wildman–Crippen MR) is 135 cm³/mol. The lowest BCUT2D eigenvalue weighted by Gasteiger charge is -2.36. The van der Waals surface area contributed by atoms with Gasteiger partial charge in [0.15, 0.2) is 5.11 Å². The van der Waals surface area contributed by atoms with Gasteiger partial charge in [-0.15, -0.1) is 0 Å². The summed E-state index contributed by atoms with van der Waals surface area (Å²) in [6.45, 7) is 2.49. The summed E-state index contributed by atoms with van der Waals surface area (Å²) in [6.07, 6.45) is 0.475. The van der Waals surface area contributed by atoms with E-state index in [4.69, 9.17) is 18.0 Å². The molecule has 2 rings (SSSR count). The topological polar surface area (TPSA) is 172 Å². The predicted octanol–water partition coefficient (Wildman–Crippen LogP) is -0.984. The average Bonchev–Trinajstić information content (AvgIpc) is 2.74. The Labute approximate surface area is 209 Å². The van der Waals surface area contributed by atoms with E-state index in [9.17, 15) is 29.7 Å². The average molecular weight is 511 g/mol. The van der Waals surface area contributed by atoms with Gasteiger partial charge in [-0.25, -0.2) is 0 Å². The molecule has 1 aliphatic rings. The number of rotatable bonds is 9. The van der Waals surface area contributed by atoms with Crippen LogP contribution in [0.1, 0.15) is 5.56 Å². The van der Waals surface area contributed by atoms with Crippen molar-refractivity contribution < 1.29 is 29.7 Å². The van der Waals surface area contributed by atoms with Crippen molar-refractivity contribution in [2.75, 3.05) is 70.8 Å². The standard InChI is InChI=1S/C22H34N6O6S/c23-22(35)25-17-3-1-16(2-4-17)11-18-12-27(14-20(31)32)8-6-24-5-7-26(13-19(29)30)9-10-28(18)15-21(33)34/h1-4,18,24H,5-15H2,(H,29,30)(H,31,32)(H,33,34)(H3,23,25,35). The molecule has 0 aliphatic carbocycles. The fourth-order valence-corrected chi connectivity index (χ4v) is 4.18. The molecule has 0 amide bonds. The Kier molecular flexibility index (Phi) is 11.8. The fraction of sp³-hybridized carbons (Fsp3) is 0.545. The van der Waals surface area contributed by atoms with Gasteiger partial charge in [0.1, 0.15) is 0 Å². The summed E-state index contributed by atoms with van der Waals surface area (Å²) in [4.78, 5) is 39.8. The van der Waals surface area contributed by atoms with Gasteiger partial charge in [0.2, 0.25) is 0 Å². The second-order valence-electron chi connectivity index (χ2n) is 8.46. The molecule has 1 fully saturated rings. The number of nitrogens with one attached hydrogen (secondary N) is 2. The maximum absolute atomic E-state index is 11.7. The Morgan fingerprint density at radius 3 is 2.06 bits per heavy atom. The first kappa shape index (κ1) is 28.4. The summed E-state index contributed by atoms with van der Waals surface area (Å²) in [5.41, 5.74) is 7.17. The van der Waals surface area contributed by atoms with Crippen LogP contribution in [0.3, 0.4) is 0 Å². The third-order valence-electron chi connectivity index (χ3n) is 5.65. The minimum absolute atomic E-state index is 0.143. The molecule has 7 N–H and O–H groups in total. The highest BCUT2D eigenvalue weighted by atomic mass is 32.1. The lowest BCUT2D eigenvalue weighted by Crippen LogP contribution is -2.52. The second kappa shape index (κ2) is 14.5. The van der Waals surface area contributed by atoms with Crippen LogP contribution in [0.5, 0.6) is 0 Å². The van der Waals surface area contributed by atoms with Crippen LogP contribution in [0.15, 0.2) is 24.3 Å². The van der Waals surface area contributed by atoms with Crippen LogP contribution in [0, 0.1) is 0 Å². The van der Waals surface area contributed by atoms with Crippen molar-refractivity contribution in [3.63, 3.8) is 0 Å². The highest BCUT2D eigenvalue weighted by Gasteiger charge is 2.26. The van der Waals surface area contributed by atoms with Gasteiger partial charge in [0, 0.05) is 57.5 Å². The third kappa shape index (κ3) is 11.4. The summed E-state index contributed by atoms with van der Waals surface area (Å²) in [7, 11) is 0. The molecule has 13 heteroatoms. The highest BCUT2D eigenvalue weighted by molar-refractivity contribution is 7.80. The summed E-state index contributed by atoms with van der Waals surface area (Å²) in [6, 6.07) is 7.09. The lowest BCUT2D eigenvalue weighted by atomic mass is 10.0. The quantitative estimate of drug-likeness (QED) is 0.224. The molecule has 35 heavy (non-hydrogen) atoms. The van der Waals surface area contributed by atoms with E-state index in [0.717, 1.165) is 11.3 Å². The zero-order valence-electron chi connectivity index (χ0n) is 19.6. The SMILES string of the molecule is NC(=S)Nc1ccc(CC2CN(CC(=O)O)CCNCCN(CC(=O)O)CCN2CC(=O)O)cc1. The fourth-order valence-electron chi connectivity index (χ4n) is 4.07. The van der Waals surface area contributed by atoms with E-state index in [1.807, 2.05) is 24.3 Å². The molecule has 1 saturated heterocycles. The maximum atomic E-state index is 11.7. The Morgan fingerprint density at radius 1 is 0.914 bits per heavy atom. The molecule has 1 atom stereocenters. The zero-order chi connectivity index (χ0) is 25.8. The number of carbonyl (C=O) groups is 3. The molecular weight excluding hydrogens is 476 g/mol. The van der Waals surface area contributed by atoms with Crippen LogP contribution in [0.4, 0.5) is 5.69 Å². The van der Waals surface area contributed by atoms with E-state index in [1.54, 1.807) is 14.7 Å². The number of aliphatic carboxylic acids is 3. The number of thiocarbonyl (C=S) groups is 1. The van der Waals surface area contributed by atoms with Crippen molar-refractivity contribution in [3.05, 3.63) is 29.8 Å². The summed E-state index contributed by atoms with van der Waals surface area (Å²) >= 11 is 4.86. The highest BCUT2D eigenvalue weighted by Crippen LogP contribution is 2.15. The maximum Gasteiger partial charge on any atom is 0.317 e. The normalized spacial score (nSPS) is 19.3. The van der Waals surface area contributed by atoms with Crippen LogP contribution in [-0.4, -0.2) is 125 Å². The molecule has 0 spiro atoms. The summed E-state index contributed by atoms with van der Waals surface area (Å²) in [5.74, 6) is -2.91. The van der Waals surface area contributed by atoms with E-state index in [2.05, 4.69) is 10.6 Å². The van der Waals surface area contributed by atoms with Gasteiger partial charge in [0.05, 0.1) is 19.6 Å². The molecular formula is C22H34N6O6S. The number of benzene rings is 1. The van der Waals surface area contributed by atoms with Crippen LogP contribution in [0.25, 0.3) is 0 Å². The molecule has 194 valence electrons. The van der Waals surface area contributed by atoms with Crippen molar-refractivity contribution in [2.45, 2.75) is 12.5 Å². The minimum Gasteiger partial charge on any atom is -0.480 e. The number of hydrogen-bond donors (Lipinski definition) is 6. The number of anilines is 1. The lowest BCUT2D eigenvalue weighted by molar-refractivity contribution is -0.141. The van der Waals surface area contributed by atoms with Gasteiger partial charge in [-0.3, -0.25) is 29.1 Å².